The summed E-state index contributed by atoms with van der Waals surface area (Å²) in [5, 5.41) is 0.185. The molecule has 0 radical (unpaired) electrons. The first kappa shape index (κ1) is 19.2. The van der Waals surface area contributed by atoms with E-state index in [4.69, 9.17) is 11.6 Å². The Morgan fingerprint density at radius 2 is 1.67 bits per heavy atom. The number of carbonyl (C=O) groups excluding carboxylic acids is 1. The third-order valence-corrected chi connectivity index (χ3v) is 8.82. The van der Waals surface area contributed by atoms with Gasteiger partial charge in [-0.05, 0) is 55.7 Å². The first-order valence-electron chi connectivity index (χ1n) is 10.1. The van der Waals surface area contributed by atoms with Crippen LogP contribution in [-0.4, -0.2) is 49.7 Å². The number of hydrogen-bond acceptors (Lipinski definition) is 3. The molecule has 1 aliphatic carbocycles. The largest absolute Gasteiger partial charge is 0.338 e. The third kappa shape index (κ3) is 3.76. The molecule has 2 aliphatic heterocycles. The summed E-state index contributed by atoms with van der Waals surface area (Å²) in [7, 11) is -3.64. The van der Waals surface area contributed by atoms with Crippen molar-refractivity contribution in [3.05, 3.63) is 28.8 Å². The van der Waals surface area contributed by atoms with Crippen LogP contribution < -0.4 is 0 Å². The van der Waals surface area contributed by atoms with Crippen molar-refractivity contribution >= 4 is 27.5 Å². The van der Waals surface area contributed by atoms with Gasteiger partial charge in [0.25, 0.3) is 5.91 Å². The Hall–Kier alpha value is -1.11. The van der Waals surface area contributed by atoms with E-state index in [2.05, 4.69) is 0 Å². The fourth-order valence-corrected chi connectivity index (χ4v) is 6.89. The van der Waals surface area contributed by atoms with Crippen LogP contribution in [0.5, 0.6) is 0 Å². The van der Waals surface area contributed by atoms with Crippen LogP contribution in [0.2, 0.25) is 5.02 Å². The van der Waals surface area contributed by atoms with E-state index in [0.717, 1.165) is 38.3 Å². The highest BCUT2D eigenvalue weighted by Crippen LogP contribution is 2.36. The predicted molar refractivity (Wildman–Crippen MR) is 105 cm³/mol. The number of halogens is 1. The zero-order chi connectivity index (χ0) is 19.0. The van der Waals surface area contributed by atoms with Crippen molar-refractivity contribution < 1.29 is 13.2 Å². The minimum absolute atomic E-state index is 0.0597. The molecule has 0 N–H and O–H groups in total. The van der Waals surface area contributed by atoms with Gasteiger partial charge in [-0.25, -0.2) is 8.42 Å². The van der Waals surface area contributed by atoms with Gasteiger partial charge in [-0.2, -0.15) is 4.31 Å². The molecule has 2 heterocycles. The maximum Gasteiger partial charge on any atom is 0.253 e. The van der Waals surface area contributed by atoms with Gasteiger partial charge in [0.2, 0.25) is 10.0 Å². The Bertz CT molecular complexity index is 821. The summed E-state index contributed by atoms with van der Waals surface area (Å²) in [6, 6.07) is 4.68. The second-order valence-corrected chi connectivity index (χ2v) is 10.4. The molecule has 7 heteroatoms. The van der Waals surface area contributed by atoms with Crippen molar-refractivity contribution in [3.8, 4) is 0 Å². The van der Waals surface area contributed by atoms with Crippen molar-refractivity contribution in [2.45, 2.75) is 49.8 Å². The summed E-state index contributed by atoms with van der Waals surface area (Å²) in [5.74, 6) is 1.27. The number of amides is 1. The molecule has 0 aromatic heterocycles. The molecule has 1 aromatic rings. The number of rotatable bonds is 3. The summed E-state index contributed by atoms with van der Waals surface area (Å²) < 4.78 is 27.3. The predicted octanol–water partition coefficient (Wildman–Crippen LogP) is 3.78. The molecule has 3 fully saturated rings. The van der Waals surface area contributed by atoms with Crippen molar-refractivity contribution in [3.63, 3.8) is 0 Å². The monoisotopic (exact) mass is 410 g/mol. The highest BCUT2D eigenvalue weighted by Gasteiger charge is 2.34. The number of carbonyl (C=O) groups is 1. The Balaban J connectivity index is 1.56. The topological polar surface area (TPSA) is 57.7 Å². The lowest BCUT2D eigenvalue weighted by atomic mass is 9.75. The fraction of sp³-hybridized carbons (Fsp3) is 0.650. The summed E-state index contributed by atoms with van der Waals surface area (Å²) in [5.41, 5.74) is 0.423. The normalized spacial score (nSPS) is 26.8. The van der Waals surface area contributed by atoms with Gasteiger partial charge >= 0.3 is 0 Å². The minimum Gasteiger partial charge on any atom is -0.338 e. The van der Waals surface area contributed by atoms with Crippen LogP contribution in [0.3, 0.4) is 0 Å². The number of likely N-dealkylation sites (tertiary alicyclic amines) is 1. The van der Waals surface area contributed by atoms with Crippen LogP contribution in [-0.2, 0) is 10.0 Å². The number of fused-ring (bicyclic) bond motifs is 1. The summed E-state index contributed by atoms with van der Waals surface area (Å²) in [6.07, 6.45) is 7.84. The van der Waals surface area contributed by atoms with Gasteiger partial charge < -0.3 is 4.90 Å². The molecule has 2 saturated heterocycles. The maximum absolute atomic E-state index is 13.1. The molecular weight excluding hydrogens is 384 g/mol. The second kappa shape index (κ2) is 7.72. The van der Waals surface area contributed by atoms with Crippen LogP contribution in [0.1, 0.15) is 55.3 Å². The van der Waals surface area contributed by atoms with Gasteiger partial charge in [0.1, 0.15) is 4.90 Å². The Labute approximate surface area is 166 Å². The lowest BCUT2D eigenvalue weighted by Crippen LogP contribution is -2.44. The van der Waals surface area contributed by atoms with E-state index < -0.39 is 10.0 Å². The number of nitrogens with zero attached hydrogens (tertiary/aromatic N) is 2. The first-order chi connectivity index (χ1) is 13.0. The van der Waals surface area contributed by atoms with Crippen molar-refractivity contribution in [1.29, 1.82) is 0 Å². The third-order valence-electron chi connectivity index (χ3n) is 6.44. The van der Waals surface area contributed by atoms with E-state index >= 15 is 0 Å². The molecule has 1 amide bonds. The molecule has 0 unspecified atom stereocenters. The lowest BCUT2D eigenvalue weighted by molar-refractivity contribution is 0.0520. The highest BCUT2D eigenvalue weighted by molar-refractivity contribution is 7.89. The number of piperidine rings is 1. The van der Waals surface area contributed by atoms with Crippen LogP contribution >= 0.6 is 11.6 Å². The average Bonchev–Trinajstić information content (AvgIpc) is 3.23. The minimum atomic E-state index is -3.64. The van der Waals surface area contributed by atoms with Gasteiger partial charge in [0, 0.05) is 31.7 Å². The standard InChI is InChI=1S/C20H27ClN2O3S/c21-18-8-7-16(13-19(18)27(25,26)23-10-3-4-11-23)20(24)22-12-9-15-5-1-2-6-17(15)14-22/h7-8,13,15,17H,1-6,9-12,14H2/t15-,17-/m0/s1. The molecule has 0 spiro atoms. The molecule has 1 saturated carbocycles. The maximum atomic E-state index is 13.1. The zero-order valence-corrected chi connectivity index (χ0v) is 17.1. The van der Waals surface area contributed by atoms with Crippen LogP contribution in [0, 0.1) is 11.8 Å². The van der Waals surface area contributed by atoms with Gasteiger partial charge in [-0.3, -0.25) is 4.79 Å². The summed E-state index contributed by atoms with van der Waals surface area (Å²) >= 11 is 6.21. The van der Waals surface area contributed by atoms with E-state index in [9.17, 15) is 13.2 Å². The molecule has 0 bridgehead atoms. The van der Waals surface area contributed by atoms with Crippen molar-refractivity contribution in [2.75, 3.05) is 26.2 Å². The van der Waals surface area contributed by atoms with E-state index in [1.807, 2.05) is 4.90 Å². The molecule has 1 aromatic carbocycles. The molecule has 4 rings (SSSR count). The Kier molecular flexibility index (Phi) is 5.50. The van der Waals surface area contributed by atoms with Crippen LogP contribution in [0.15, 0.2) is 23.1 Å². The summed E-state index contributed by atoms with van der Waals surface area (Å²) in [4.78, 5) is 15.0. The van der Waals surface area contributed by atoms with Crippen LogP contribution in [0.4, 0.5) is 0 Å². The van der Waals surface area contributed by atoms with E-state index in [1.165, 1.54) is 36.1 Å². The van der Waals surface area contributed by atoms with Gasteiger partial charge in [-0.15, -0.1) is 0 Å². The number of sulfonamides is 1. The Morgan fingerprint density at radius 1 is 0.963 bits per heavy atom. The van der Waals surface area contributed by atoms with E-state index in [1.54, 1.807) is 12.1 Å². The summed E-state index contributed by atoms with van der Waals surface area (Å²) in [6.45, 7) is 2.59. The molecule has 27 heavy (non-hydrogen) atoms. The molecule has 2 atom stereocenters. The van der Waals surface area contributed by atoms with Crippen LogP contribution in [0.25, 0.3) is 0 Å². The van der Waals surface area contributed by atoms with Gasteiger partial charge in [-0.1, -0.05) is 30.9 Å². The molecule has 3 aliphatic rings. The molecule has 5 nitrogen and oxygen atoms in total. The quantitative estimate of drug-likeness (QED) is 0.761. The van der Waals surface area contributed by atoms with E-state index in [-0.39, 0.29) is 15.8 Å². The zero-order valence-electron chi connectivity index (χ0n) is 15.6. The first-order valence-corrected chi connectivity index (χ1v) is 11.9. The molecular formula is C20H27ClN2O3S. The highest BCUT2D eigenvalue weighted by atomic mass is 35.5. The number of hydrogen-bond donors (Lipinski definition) is 0. The Morgan fingerprint density at radius 3 is 2.41 bits per heavy atom. The van der Waals surface area contributed by atoms with Crippen molar-refractivity contribution in [1.82, 2.24) is 9.21 Å². The smallest absolute Gasteiger partial charge is 0.253 e. The lowest BCUT2D eigenvalue weighted by Gasteiger charge is -2.41. The second-order valence-electron chi connectivity index (χ2n) is 8.10. The fourth-order valence-electron chi connectivity index (χ4n) is 4.87. The van der Waals surface area contributed by atoms with Gasteiger partial charge in [0.05, 0.1) is 5.02 Å². The number of benzene rings is 1. The van der Waals surface area contributed by atoms with Crippen molar-refractivity contribution in [2.24, 2.45) is 11.8 Å². The molecule has 148 valence electrons. The van der Waals surface area contributed by atoms with Gasteiger partial charge in [0.15, 0.2) is 0 Å². The SMILES string of the molecule is O=C(c1ccc(Cl)c(S(=O)(=O)N2CCCC2)c1)N1CC[C@@H]2CCCC[C@H]2C1. The van der Waals surface area contributed by atoms with E-state index in [0.29, 0.717) is 24.6 Å². The average molecular weight is 411 g/mol.